The number of nitrogens with zero attached hydrogens (tertiary/aromatic N) is 2. The molecule has 5 nitrogen and oxygen atoms in total. The van der Waals surface area contributed by atoms with E-state index >= 15 is 0 Å². The van der Waals surface area contributed by atoms with Gasteiger partial charge in [-0.15, -0.1) is 0 Å². The Morgan fingerprint density at radius 2 is 1.81 bits per heavy atom. The van der Waals surface area contributed by atoms with Crippen molar-refractivity contribution in [1.82, 2.24) is 9.80 Å². The lowest BCUT2D eigenvalue weighted by molar-refractivity contribution is -0.137. The monoisotopic (exact) mass is 292 g/mol. The van der Waals surface area contributed by atoms with E-state index in [9.17, 15) is 9.59 Å². The number of carbonyl (C=O) groups is 2. The van der Waals surface area contributed by atoms with Crippen LogP contribution < -0.4 is 0 Å². The summed E-state index contributed by atoms with van der Waals surface area (Å²) in [5, 5.41) is 8.92. The minimum atomic E-state index is -0.986. The number of likely N-dealkylation sites (N-methyl/N-ethyl adjacent to an activating group) is 1. The molecule has 21 heavy (non-hydrogen) atoms. The Morgan fingerprint density at radius 3 is 2.33 bits per heavy atom. The number of aliphatic carboxylic acids is 1. The molecule has 0 saturated carbocycles. The third-order valence-corrected chi connectivity index (χ3v) is 3.09. The third-order valence-electron chi connectivity index (χ3n) is 3.09. The van der Waals surface area contributed by atoms with E-state index in [4.69, 9.17) is 5.11 Å². The van der Waals surface area contributed by atoms with Crippen LogP contribution in [0.5, 0.6) is 0 Å². The fourth-order valence-electron chi connectivity index (χ4n) is 2.09. The molecule has 0 spiro atoms. The average Bonchev–Trinajstić information content (AvgIpc) is 2.43. The van der Waals surface area contributed by atoms with Gasteiger partial charge in [-0.1, -0.05) is 44.2 Å². The molecule has 0 aromatic heterocycles. The largest absolute Gasteiger partial charge is 0.480 e. The van der Waals surface area contributed by atoms with E-state index in [1.165, 1.54) is 4.90 Å². The van der Waals surface area contributed by atoms with Crippen molar-refractivity contribution in [2.75, 3.05) is 26.7 Å². The maximum absolute atomic E-state index is 12.3. The topological polar surface area (TPSA) is 60.9 Å². The van der Waals surface area contributed by atoms with Crippen LogP contribution in [0.1, 0.15) is 19.4 Å². The smallest absolute Gasteiger partial charge is 0.323 e. The highest BCUT2D eigenvalue weighted by molar-refractivity contribution is 5.80. The third kappa shape index (κ3) is 6.29. The molecule has 1 aromatic rings. The second-order valence-corrected chi connectivity index (χ2v) is 5.61. The zero-order valence-corrected chi connectivity index (χ0v) is 13.0. The number of hydrogen-bond acceptors (Lipinski definition) is 2. The molecule has 0 bridgehead atoms. The van der Waals surface area contributed by atoms with Gasteiger partial charge >= 0.3 is 12.0 Å². The molecule has 5 heteroatoms. The van der Waals surface area contributed by atoms with E-state index in [0.29, 0.717) is 13.1 Å². The molecule has 0 fully saturated rings. The Hall–Kier alpha value is -2.04. The van der Waals surface area contributed by atoms with Crippen molar-refractivity contribution in [2.24, 2.45) is 5.92 Å². The summed E-state index contributed by atoms with van der Waals surface area (Å²) in [7, 11) is 1.71. The van der Waals surface area contributed by atoms with Gasteiger partial charge in [0.15, 0.2) is 0 Å². The lowest BCUT2D eigenvalue weighted by Gasteiger charge is -2.28. The van der Waals surface area contributed by atoms with Crippen LogP contribution in [0.3, 0.4) is 0 Å². The zero-order valence-electron chi connectivity index (χ0n) is 13.0. The highest BCUT2D eigenvalue weighted by Gasteiger charge is 2.21. The van der Waals surface area contributed by atoms with Crippen LogP contribution in [0, 0.1) is 5.92 Å². The van der Waals surface area contributed by atoms with E-state index in [0.717, 1.165) is 12.0 Å². The highest BCUT2D eigenvalue weighted by atomic mass is 16.4. The van der Waals surface area contributed by atoms with Gasteiger partial charge in [0.2, 0.25) is 0 Å². The first-order chi connectivity index (χ1) is 9.90. The number of rotatable bonds is 7. The number of carboxylic acid groups (broad SMARTS) is 1. The molecule has 0 saturated heterocycles. The number of amides is 2. The van der Waals surface area contributed by atoms with Gasteiger partial charge in [-0.2, -0.15) is 0 Å². The van der Waals surface area contributed by atoms with Crippen LogP contribution in [-0.2, 0) is 11.2 Å². The van der Waals surface area contributed by atoms with E-state index < -0.39 is 5.97 Å². The summed E-state index contributed by atoms with van der Waals surface area (Å²) in [4.78, 5) is 26.2. The first kappa shape index (κ1) is 17.0. The second kappa shape index (κ2) is 8.29. The molecule has 0 aliphatic rings. The van der Waals surface area contributed by atoms with Gasteiger partial charge in [0.05, 0.1) is 0 Å². The second-order valence-electron chi connectivity index (χ2n) is 5.61. The molecule has 1 aromatic carbocycles. The van der Waals surface area contributed by atoms with Crippen molar-refractivity contribution < 1.29 is 14.7 Å². The Labute approximate surface area is 126 Å². The maximum atomic E-state index is 12.3. The summed E-state index contributed by atoms with van der Waals surface area (Å²) >= 11 is 0. The summed E-state index contributed by atoms with van der Waals surface area (Å²) in [6.07, 6.45) is 0.756. The van der Waals surface area contributed by atoms with Gasteiger partial charge in [-0.05, 0) is 17.9 Å². The Bertz CT molecular complexity index is 460. The predicted octanol–water partition coefficient (Wildman–Crippen LogP) is 2.32. The Balaban J connectivity index is 2.58. The molecular formula is C16H24N2O3. The minimum Gasteiger partial charge on any atom is -0.480 e. The lowest BCUT2D eigenvalue weighted by Crippen LogP contribution is -2.45. The van der Waals surface area contributed by atoms with Gasteiger partial charge < -0.3 is 14.9 Å². The van der Waals surface area contributed by atoms with Crippen molar-refractivity contribution >= 4 is 12.0 Å². The molecule has 116 valence electrons. The molecule has 1 N–H and O–H groups in total. The van der Waals surface area contributed by atoms with Gasteiger partial charge in [-0.3, -0.25) is 4.79 Å². The maximum Gasteiger partial charge on any atom is 0.323 e. The van der Waals surface area contributed by atoms with E-state index in [1.54, 1.807) is 11.9 Å². The number of benzene rings is 1. The standard InChI is InChI=1S/C16H24N2O3/c1-13(2)11-18(12-15(19)20)16(21)17(3)10-9-14-7-5-4-6-8-14/h4-8,13H,9-12H2,1-3H3,(H,19,20). The molecule has 0 atom stereocenters. The van der Waals surface area contributed by atoms with Crippen LogP contribution in [0.15, 0.2) is 30.3 Å². The summed E-state index contributed by atoms with van der Waals surface area (Å²) < 4.78 is 0. The quantitative estimate of drug-likeness (QED) is 0.839. The normalized spacial score (nSPS) is 10.5. The van der Waals surface area contributed by atoms with Gasteiger partial charge in [0, 0.05) is 20.1 Å². The molecule has 0 unspecified atom stereocenters. The number of urea groups is 1. The molecule has 1 rings (SSSR count). The Morgan fingerprint density at radius 1 is 1.19 bits per heavy atom. The fourth-order valence-corrected chi connectivity index (χ4v) is 2.09. The van der Waals surface area contributed by atoms with E-state index in [2.05, 4.69) is 0 Å². The van der Waals surface area contributed by atoms with Crippen molar-refractivity contribution in [2.45, 2.75) is 20.3 Å². The van der Waals surface area contributed by atoms with Crippen LogP contribution in [-0.4, -0.2) is 53.6 Å². The summed E-state index contributed by atoms with van der Waals surface area (Å²) in [6.45, 7) is 4.68. The van der Waals surface area contributed by atoms with Crippen LogP contribution >= 0.6 is 0 Å². The highest BCUT2D eigenvalue weighted by Crippen LogP contribution is 2.05. The minimum absolute atomic E-state index is 0.232. The zero-order chi connectivity index (χ0) is 15.8. The molecule has 0 aliphatic carbocycles. The molecule has 0 aliphatic heterocycles. The number of carbonyl (C=O) groups excluding carboxylic acids is 1. The van der Waals surface area contributed by atoms with Gasteiger partial charge in [0.25, 0.3) is 0 Å². The van der Waals surface area contributed by atoms with Crippen LogP contribution in [0.25, 0.3) is 0 Å². The van der Waals surface area contributed by atoms with Gasteiger partial charge in [-0.25, -0.2) is 4.79 Å². The predicted molar refractivity (Wildman–Crippen MR) is 82.2 cm³/mol. The van der Waals surface area contributed by atoms with E-state index in [-0.39, 0.29) is 18.5 Å². The van der Waals surface area contributed by atoms with E-state index in [1.807, 2.05) is 44.2 Å². The summed E-state index contributed by atoms with van der Waals surface area (Å²) in [5.41, 5.74) is 1.16. The molecular weight excluding hydrogens is 268 g/mol. The van der Waals surface area contributed by atoms with Crippen molar-refractivity contribution in [1.29, 1.82) is 0 Å². The lowest BCUT2D eigenvalue weighted by atomic mass is 10.1. The van der Waals surface area contributed by atoms with Crippen LogP contribution in [0.4, 0.5) is 4.79 Å². The van der Waals surface area contributed by atoms with Crippen molar-refractivity contribution in [3.05, 3.63) is 35.9 Å². The number of carboxylic acids is 1. The molecule has 0 heterocycles. The summed E-state index contributed by atoms with van der Waals surface area (Å²) in [6, 6.07) is 9.68. The first-order valence-electron chi connectivity index (χ1n) is 7.16. The van der Waals surface area contributed by atoms with Gasteiger partial charge in [0.1, 0.15) is 6.54 Å². The van der Waals surface area contributed by atoms with Crippen molar-refractivity contribution in [3.8, 4) is 0 Å². The average molecular weight is 292 g/mol. The molecule has 2 amide bonds. The molecule has 0 radical (unpaired) electrons. The first-order valence-corrected chi connectivity index (χ1v) is 7.16. The SMILES string of the molecule is CC(C)CN(CC(=O)O)C(=O)N(C)CCc1ccccc1. The fraction of sp³-hybridized carbons (Fsp3) is 0.500. The van der Waals surface area contributed by atoms with Crippen LogP contribution in [0.2, 0.25) is 0 Å². The van der Waals surface area contributed by atoms with Crippen molar-refractivity contribution in [3.63, 3.8) is 0 Å². The Kier molecular flexibility index (Phi) is 6.72. The summed E-state index contributed by atoms with van der Waals surface area (Å²) in [5.74, 6) is -0.753. The number of hydrogen-bond donors (Lipinski definition) is 1.